The maximum absolute atomic E-state index is 13.1. The lowest BCUT2D eigenvalue weighted by Crippen LogP contribution is -2.55. The van der Waals surface area contributed by atoms with Crippen molar-refractivity contribution in [3.8, 4) is 0 Å². The number of piperazine rings is 1. The van der Waals surface area contributed by atoms with Crippen molar-refractivity contribution in [2.45, 2.75) is 38.1 Å². The van der Waals surface area contributed by atoms with Crippen LogP contribution in [0, 0.1) is 5.92 Å². The monoisotopic (exact) mass is 357 g/mol. The molecule has 2 aliphatic heterocycles. The lowest BCUT2D eigenvalue weighted by Gasteiger charge is -2.38. The Morgan fingerprint density at radius 1 is 1.15 bits per heavy atom. The Hall–Kier alpha value is -2.15. The number of urea groups is 1. The molecule has 3 aliphatic rings. The summed E-state index contributed by atoms with van der Waals surface area (Å²) in [6.07, 6.45) is 7.53. The fraction of sp³-hybridized carbons (Fsp3) is 0.632. The van der Waals surface area contributed by atoms with Gasteiger partial charge in [0, 0.05) is 44.3 Å². The van der Waals surface area contributed by atoms with Crippen molar-refractivity contribution in [1.82, 2.24) is 20.1 Å². The van der Waals surface area contributed by atoms with Crippen molar-refractivity contribution in [2.75, 3.05) is 37.7 Å². The lowest BCUT2D eigenvalue weighted by molar-refractivity contribution is -0.135. The quantitative estimate of drug-likeness (QED) is 0.834. The van der Waals surface area contributed by atoms with Crippen LogP contribution in [0.2, 0.25) is 0 Å². The number of amides is 3. The zero-order valence-electron chi connectivity index (χ0n) is 15.4. The van der Waals surface area contributed by atoms with E-state index in [-0.39, 0.29) is 17.9 Å². The van der Waals surface area contributed by atoms with Gasteiger partial charge in [-0.25, -0.2) is 9.69 Å². The van der Waals surface area contributed by atoms with E-state index < -0.39 is 5.54 Å². The summed E-state index contributed by atoms with van der Waals surface area (Å²) in [4.78, 5) is 35.6. The highest BCUT2D eigenvalue weighted by Crippen LogP contribution is 2.38. The molecule has 1 aliphatic carbocycles. The molecule has 26 heavy (non-hydrogen) atoms. The third-order valence-corrected chi connectivity index (χ3v) is 6.24. The Labute approximate surface area is 154 Å². The maximum Gasteiger partial charge on any atom is 0.326 e. The number of anilines is 1. The highest BCUT2D eigenvalue weighted by Gasteiger charge is 2.55. The van der Waals surface area contributed by atoms with E-state index in [0.29, 0.717) is 6.67 Å². The molecule has 2 saturated heterocycles. The minimum absolute atomic E-state index is 0.0220. The van der Waals surface area contributed by atoms with E-state index in [1.165, 1.54) is 10.6 Å². The van der Waals surface area contributed by atoms with Crippen molar-refractivity contribution >= 4 is 17.6 Å². The van der Waals surface area contributed by atoms with Gasteiger partial charge in [-0.15, -0.1) is 0 Å². The Morgan fingerprint density at radius 3 is 2.58 bits per heavy atom. The molecule has 3 heterocycles. The summed E-state index contributed by atoms with van der Waals surface area (Å²) in [5.41, 5.74) is 0.512. The number of aromatic nitrogens is 1. The first-order valence-electron chi connectivity index (χ1n) is 9.61. The van der Waals surface area contributed by atoms with Gasteiger partial charge in [0.25, 0.3) is 5.91 Å². The molecule has 3 fully saturated rings. The number of pyridine rings is 1. The van der Waals surface area contributed by atoms with E-state index in [4.69, 9.17) is 0 Å². The van der Waals surface area contributed by atoms with E-state index >= 15 is 0 Å². The summed E-state index contributed by atoms with van der Waals surface area (Å²) >= 11 is 0. The molecular weight excluding hydrogens is 330 g/mol. The molecule has 0 radical (unpaired) electrons. The fourth-order valence-corrected chi connectivity index (χ4v) is 4.53. The summed E-state index contributed by atoms with van der Waals surface area (Å²) in [7, 11) is 0. The van der Waals surface area contributed by atoms with E-state index in [9.17, 15) is 9.59 Å². The molecule has 0 aromatic carbocycles. The molecule has 7 heteroatoms. The molecule has 1 saturated carbocycles. The molecule has 1 N–H and O–H groups in total. The second-order valence-corrected chi connectivity index (χ2v) is 7.73. The molecule has 2 atom stereocenters. The van der Waals surface area contributed by atoms with Crippen LogP contribution in [0.1, 0.15) is 32.6 Å². The summed E-state index contributed by atoms with van der Waals surface area (Å²) in [5, 5.41) is 3.04. The van der Waals surface area contributed by atoms with Crippen LogP contribution in [0.4, 0.5) is 10.5 Å². The Bertz CT molecular complexity index is 674. The zero-order valence-corrected chi connectivity index (χ0v) is 15.4. The molecule has 0 bridgehead atoms. The number of hydrogen-bond acceptors (Lipinski definition) is 5. The zero-order chi connectivity index (χ0) is 18.1. The number of carbonyl (C=O) groups excluding carboxylic acids is 2. The van der Waals surface area contributed by atoms with Crippen LogP contribution >= 0.6 is 0 Å². The molecule has 1 aromatic rings. The third kappa shape index (κ3) is 2.94. The number of carbonyl (C=O) groups is 2. The first kappa shape index (κ1) is 17.3. The Morgan fingerprint density at radius 2 is 1.88 bits per heavy atom. The SMILES string of the molecule is C[C@H]1CCCC[C@]12NC(=O)N(CN1CCN(c3ccncc3)CC1)C2=O. The van der Waals surface area contributed by atoms with E-state index in [1.54, 1.807) is 12.4 Å². The van der Waals surface area contributed by atoms with Gasteiger partial charge in [0.1, 0.15) is 5.54 Å². The minimum Gasteiger partial charge on any atom is -0.369 e. The van der Waals surface area contributed by atoms with Crippen molar-refractivity contribution in [3.63, 3.8) is 0 Å². The molecule has 1 aromatic heterocycles. The summed E-state index contributed by atoms with van der Waals surface area (Å²) in [5.74, 6) is 0.188. The topological polar surface area (TPSA) is 68.8 Å². The van der Waals surface area contributed by atoms with Crippen LogP contribution in [-0.2, 0) is 4.79 Å². The highest BCUT2D eigenvalue weighted by molar-refractivity contribution is 6.07. The second kappa shape index (κ2) is 6.87. The first-order chi connectivity index (χ1) is 12.6. The number of nitrogens with zero attached hydrogens (tertiary/aromatic N) is 4. The number of imide groups is 1. The van der Waals surface area contributed by atoms with E-state index in [1.807, 2.05) is 12.1 Å². The van der Waals surface area contributed by atoms with Gasteiger partial charge in [0.15, 0.2) is 0 Å². The van der Waals surface area contributed by atoms with E-state index in [0.717, 1.165) is 51.9 Å². The maximum atomic E-state index is 13.1. The van der Waals surface area contributed by atoms with Gasteiger partial charge in [-0.1, -0.05) is 19.8 Å². The largest absolute Gasteiger partial charge is 0.369 e. The van der Waals surface area contributed by atoms with Crippen LogP contribution in [0.25, 0.3) is 0 Å². The van der Waals surface area contributed by atoms with Crippen molar-refractivity contribution in [1.29, 1.82) is 0 Å². The predicted octanol–water partition coefficient (Wildman–Crippen LogP) is 1.66. The van der Waals surface area contributed by atoms with Crippen molar-refractivity contribution in [3.05, 3.63) is 24.5 Å². The molecule has 140 valence electrons. The minimum atomic E-state index is -0.659. The van der Waals surface area contributed by atoms with Crippen LogP contribution in [0.15, 0.2) is 24.5 Å². The molecule has 7 nitrogen and oxygen atoms in total. The molecule has 4 rings (SSSR count). The number of hydrogen-bond donors (Lipinski definition) is 1. The summed E-state index contributed by atoms with van der Waals surface area (Å²) in [6, 6.07) is 3.81. The number of nitrogens with one attached hydrogen (secondary N) is 1. The molecule has 3 amide bonds. The van der Waals surface area contributed by atoms with Gasteiger partial charge in [0.05, 0.1) is 6.67 Å². The summed E-state index contributed by atoms with van der Waals surface area (Å²) < 4.78 is 0. The molecule has 1 spiro atoms. The first-order valence-corrected chi connectivity index (χ1v) is 9.61. The Kier molecular flexibility index (Phi) is 4.56. The average Bonchev–Trinajstić information content (AvgIpc) is 2.90. The van der Waals surface area contributed by atoms with Crippen LogP contribution in [0.5, 0.6) is 0 Å². The van der Waals surface area contributed by atoms with Gasteiger partial charge >= 0.3 is 6.03 Å². The molecule has 0 unspecified atom stereocenters. The fourth-order valence-electron chi connectivity index (χ4n) is 4.53. The predicted molar refractivity (Wildman–Crippen MR) is 98.6 cm³/mol. The van der Waals surface area contributed by atoms with Gasteiger partial charge in [0.2, 0.25) is 0 Å². The van der Waals surface area contributed by atoms with Crippen LogP contribution < -0.4 is 10.2 Å². The Balaban J connectivity index is 1.38. The van der Waals surface area contributed by atoms with Crippen LogP contribution in [-0.4, -0.2) is 65.1 Å². The van der Waals surface area contributed by atoms with Gasteiger partial charge < -0.3 is 10.2 Å². The second-order valence-electron chi connectivity index (χ2n) is 7.73. The standard InChI is InChI=1S/C19H27N5O2/c1-15-4-2-3-7-19(15)17(25)24(18(26)21-19)14-22-10-12-23(13-11-22)16-5-8-20-9-6-16/h5-6,8-9,15H,2-4,7,10-14H2,1H3,(H,21,26)/t15-,19-/m0/s1. The normalized spacial score (nSPS) is 30.1. The van der Waals surface area contributed by atoms with Gasteiger partial charge in [-0.3, -0.25) is 14.7 Å². The van der Waals surface area contributed by atoms with Crippen molar-refractivity contribution in [2.24, 2.45) is 5.92 Å². The lowest BCUT2D eigenvalue weighted by atomic mass is 9.73. The third-order valence-electron chi connectivity index (χ3n) is 6.24. The summed E-state index contributed by atoms with van der Waals surface area (Å²) in [6.45, 7) is 5.92. The van der Waals surface area contributed by atoms with Crippen molar-refractivity contribution < 1.29 is 9.59 Å². The smallest absolute Gasteiger partial charge is 0.326 e. The van der Waals surface area contributed by atoms with Crippen LogP contribution in [0.3, 0.4) is 0 Å². The number of rotatable bonds is 3. The van der Waals surface area contributed by atoms with Gasteiger partial charge in [-0.2, -0.15) is 0 Å². The van der Waals surface area contributed by atoms with E-state index in [2.05, 4.69) is 27.0 Å². The highest BCUT2D eigenvalue weighted by atomic mass is 16.2. The average molecular weight is 357 g/mol. The van der Waals surface area contributed by atoms with Gasteiger partial charge in [-0.05, 0) is 30.9 Å². The molecular formula is C19H27N5O2.